The highest BCUT2D eigenvalue weighted by Gasteiger charge is 2.10. The van der Waals surface area contributed by atoms with Gasteiger partial charge in [-0.2, -0.15) is 0 Å². The first kappa shape index (κ1) is 20.1. The van der Waals surface area contributed by atoms with E-state index in [1.807, 2.05) is 49.4 Å². The Kier molecular flexibility index (Phi) is 7.25. The van der Waals surface area contributed by atoms with Crippen LogP contribution in [0.4, 0.5) is 11.5 Å². The van der Waals surface area contributed by atoms with Crippen LogP contribution in [0, 0.1) is 6.92 Å². The normalized spacial score (nSPS) is 10.7. The topological polar surface area (TPSA) is 82.3 Å². The predicted molar refractivity (Wildman–Crippen MR) is 115 cm³/mol. The van der Waals surface area contributed by atoms with Gasteiger partial charge in [-0.15, -0.1) is 0 Å². The first-order chi connectivity index (χ1) is 13.7. The molecule has 3 N–H and O–H groups in total. The minimum Gasteiger partial charge on any atom is -0.490 e. The zero-order valence-corrected chi connectivity index (χ0v) is 16.8. The van der Waals surface area contributed by atoms with E-state index in [2.05, 4.69) is 27.4 Å². The lowest BCUT2D eigenvalue weighted by Crippen LogP contribution is -2.05. The molecule has 0 aliphatic rings. The molecule has 0 unspecified atom stereocenters. The molecule has 0 aliphatic carbocycles. The van der Waals surface area contributed by atoms with Gasteiger partial charge in [0.15, 0.2) is 0 Å². The summed E-state index contributed by atoms with van der Waals surface area (Å²) in [5.41, 5.74) is 3.83. The van der Waals surface area contributed by atoms with E-state index >= 15 is 0 Å². The summed E-state index contributed by atoms with van der Waals surface area (Å²) < 4.78 is 10.9. The number of nitrogens with zero attached hydrogens (tertiary/aromatic N) is 2. The van der Waals surface area contributed by atoms with E-state index in [9.17, 15) is 0 Å². The molecule has 2 aromatic carbocycles. The largest absolute Gasteiger partial charge is 0.490 e. The molecule has 0 spiro atoms. The van der Waals surface area contributed by atoms with Gasteiger partial charge >= 0.3 is 0 Å². The highest BCUT2D eigenvalue weighted by Crippen LogP contribution is 2.30. The Hall–Kier alpha value is -2.61. The van der Waals surface area contributed by atoms with Crippen molar-refractivity contribution in [1.82, 2.24) is 9.97 Å². The van der Waals surface area contributed by atoms with E-state index in [1.165, 1.54) is 11.9 Å². The minimum absolute atomic E-state index is 0.481. The molecule has 7 heteroatoms. The van der Waals surface area contributed by atoms with Gasteiger partial charge in [0.05, 0.1) is 12.3 Å². The Balaban J connectivity index is 1.87. The lowest BCUT2D eigenvalue weighted by molar-refractivity contribution is 0.146. The van der Waals surface area contributed by atoms with Gasteiger partial charge in [0.2, 0.25) is 0 Å². The van der Waals surface area contributed by atoms with Crippen molar-refractivity contribution >= 4 is 23.5 Å². The number of para-hydroxylation sites is 1. The number of hydrogen-bond acceptors (Lipinski definition) is 7. The Morgan fingerprint density at radius 1 is 1.04 bits per heavy atom. The number of aromatic nitrogens is 2. The molecule has 6 nitrogen and oxygen atoms in total. The predicted octanol–water partition coefficient (Wildman–Crippen LogP) is 4.33. The average Bonchev–Trinajstić information content (AvgIpc) is 2.69. The van der Waals surface area contributed by atoms with Gasteiger partial charge in [-0.05, 0) is 36.8 Å². The van der Waals surface area contributed by atoms with Crippen LogP contribution in [0.2, 0.25) is 0 Å². The first-order valence-corrected chi connectivity index (χ1v) is 9.99. The average molecular weight is 397 g/mol. The van der Waals surface area contributed by atoms with Gasteiger partial charge in [0.25, 0.3) is 0 Å². The lowest BCUT2D eigenvalue weighted by Gasteiger charge is -2.13. The van der Waals surface area contributed by atoms with Crippen LogP contribution in [0.25, 0.3) is 11.3 Å². The third kappa shape index (κ3) is 5.45. The lowest BCUT2D eigenvalue weighted by atomic mass is 10.1. The van der Waals surface area contributed by atoms with Gasteiger partial charge in [0, 0.05) is 30.2 Å². The molecule has 146 valence electrons. The molecule has 0 fully saturated rings. The van der Waals surface area contributed by atoms with Gasteiger partial charge < -0.3 is 14.8 Å². The zero-order chi connectivity index (χ0) is 19.8. The van der Waals surface area contributed by atoms with E-state index in [-0.39, 0.29) is 0 Å². The summed E-state index contributed by atoms with van der Waals surface area (Å²) in [4.78, 5) is 9.12. The first-order valence-electron chi connectivity index (χ1n) is 8.94. The van der Waals surface area contributed by atoms with Crippen LogP contribution in [0.15, 0.2) is 54.6 Å². The second-order valence-corrected chi connectivity index (χ2v) is 6.78. The number of ether oxygens (including phenoxy) is 2. The minimum atomic E-state index is 0.481. The smallest absolute Gasteiger partial charge is 0.134 e. The number of aryl methyl sites for hydroxylation is 1. The van der Waals surface area contributed by atoms with E-state index in [0.717, 1.165) is 39.8 Å². The highest BCUT2D eigenvalue weighted by atomic mass is 32.2. The van der Waals surface area contributed by atoms with Gasteiger partial charge in [-0.25, -0.2) is 9.97 Å². The van der Waals surface area contributed by atoms with Crippen molar-refractivity contribution in [3.8, 4) is 17.0 Å². The van der Waals surface area contributed by atoms with Crippen molar-refractivity contribution in [3.05, 3.63) is 66.0 Å². The molecule has 3 aromatic rings. The van der Waals surface area contributed by atoms with E-state index in [0.29, 0.717) is 19.0 Å². The number of rotatable bonds is 9. The molecule has 28 heavy (non-hydrogen) atoms. The quantitative estimate of drug-likeness (QED) is 0.411. The monoisotopic (exact) mass is 396 g/mol. The summed E-state index contributed by atoms with van der Waals surface area (Å²) >= 11 is 1.31. The molecule has 0 atom stereocenters. The molecular formula is C21H24N4O2S. The number of nitrogens with one attached hydrogen (secondary N) is 1. The maximum Gasteiger partial charge on any atom is 0.134 e. The van der Waals surface area contributed by atoms with Crippen LogP contribution in [0.3, 0.4) is 0 Å². The second kappa shape index (κ2) is 10.1. The molecule has 0 saturated carbocycles. The molecule has 0 aliphatic heterocycles. The summed E-state index contributed by atoms with van der Waals surface area (Å²) in [5, 5.41) is 8.94. The van der Waals surface area contributed by atoms with Gasteiger partial charge in [-0.3, -0.25) is 5.14 Å². The zero-order valence-electron chi connectivity index (χ0n) is 16.0. The van der Waals surface area contributed by atoms with Crippen molar-refractivity contribution in [2.75, 3.05) is 25.6 Å². The standard InChI is InChI=1S/C21H24N4O2S/c1-15-23-19(18-8-3-4-9-20(18)27-11-10-26-2)13-21(24-15)25-17-7-5-6-16(12-17)14-28-22/h3-9,12-13H,10-11,14,22H2,1-2H3,(H,23,24,25). The molecule has 0 radical (unpaired) electrons. The van der Waals surface area contributed by atoms with Crippen molar-refractivity contribution in [1.29, 1.82) is 0 Å². The molecule has 1 heterocycles. The Bertz CT molecular complexity index is 920. The molecule has 3 rings (SSSR count). The fourth-order valence-electron chi connectivity index (χ4n) is 2.79. The fourth-order valence-corrected chi connectivity index (χ4v) is 3.16. The van der Waals surface area contributed by atoms with Crippen LogP contribution >= 0.6 is 11.9 Å². The number of anilines is 2. The Morgan fingerprint density at radius 2 is 1.89 bits per heavy atom. The second-order valence-electron chi connectivity index (χ2n) is 6.16. The van der Waals surface area contributed by atoms with Crippen LogP contribution in [-0.2, 0) is 10.5 Å². The van der Waals surface area contributed by atoms with Crippen LogP contribution in [0.5, 0.6) is 5.75 Å². The molecule has 0 bridgehead atoms. The molecule has 0 saturated heterocycles. The maximum atomic E-state index is 5.85. The third-order valence-corrected chi connectivity index (χ3v) is 4.50. The number of nitrogens with two attached hydrogens (primary N) is 1. The summed E-state index contributed by atoms with van der Waals surface area (Å²) in [6.45, 7) is 2.89. The summed E-state index contributed by atoms with van der Waals surface area (Å²) in [7, 11) is 1.65. The number of hydrogen-bond donors (Lipinski definition) is 2. The van der Waals surface area contributed by atoms with E-state index < -0.39 is 0 Å². The molecular weight excluding hydrogens is 372 g/mol. The van der Waals surface area contributed by atoms with E-state index in [1.54, 1.807) is 7.11 Å². The maximum absolute atomic E-state index is 5.85. The summed E-state index contributed by atoms with van der Waals surface area (Å²) in [5.74, 6) is 2.94. The SMILES string of the molecule is COCCOc1ccccc1-c1cc(Nc2cccc(CSN)c2)nc(C)n1. The summed E-state index contributed by atoms with van der Waals surface area (Å²) in [6, 6.07) is 17.9. The van der Waals surface area contributed by atoms with Crippen molar-refractivity contribution in [2.24, 2.45) is 5.14 Å². The molecule has 1 aromatic heterocycles. The van der Waals surface area contributed by atoms with Crippen LogP contribution in [0.1, 0.15) is 11.4 Å². The summed E-state index contributed by atoms with van der Waals surface area (Å²) in [6.07, 6.45) is 0. The van der Waals surface area contributed by atoms with Crippen molar-refractivity contribution in [3.63, 3.8) is 0 Å². The van der Waals surface area contributed by atoms with Gasteiger partial charge in [-0.1, -0.05) is 36.2 Å². The van der Waals surface area contributed by atoms with Crippen molar-refractivity contribution < 1.29 is 9.47 Å². The molecule has 0 amide bonds. The van der Waals surface area contributed by atoms with Gasteiger partial charge in [0.1, 0.15) is 24.0 Å². The number of benzene rings is 2. The van der Waals surface area contributed by atoms with E-state index in [4.69, 9.17) is 14.6 Å². The van der Waals surface area contributed by atoms with Crippen LogP contribution < -0.4 is 15.2 Å². The third-order valence-electron chi connectivity index (χ3n) is 4.00. The fraction of sp³-hybridized carbons (Fsp3) is 0.238. The Morgan fingerprint density at radius 3 is 2.71 bits per heavy atom. The number of methoxy groups -OCH3 is 1. The highest BCUT2D eigenvalue weighted by molar-refractivity contribution is 7.96. The van der Waals surface area contributed by atoms with Crippen molar-refractivity contribution in [2.45, 2.75) is 12.7 Å². The Labute approximate surface area is 169 Å². The van der Waals surface area contributed by atoms with Crippen LogP contribution in [-0.4, -0.2) is 30.3 Å².